The molecule has 3 aromatic rings. The minimum absolute atomic E-state index is 0.0671. The lowest BCUT2D eigenvalue weighted by Crippen LogP contribution is -2.04. The van der Waals surface area contributed by atoms with Gasteiger partial charge in [0.25, 0.3) is 0 Å². The Labute approximate surface area is 124 Å². The summed E-state index contributed by atoms with van der Waals surface area (Å²) in [5, 5.41) is 4.71. The number of fused-ring (bicyclic) bond motifs is 1. The molecular formula is C15H13F2N3S. The molecule has 6 heteroatoms. The van der Waals surface area contributed by atoms with Gasteiger partial charge in [0.1, 0.15) is 5.03 Å². The molecule has 3 rings (SSSR count). The predicted molar refractivity (Wildman–Crippen MR) is 80.7 cm³/mol. The van der Waals surface area contributed by atoms with Crippen molar-refractivity contribution in [3.8, 4) is 0 Å². The molecular weight excluding hydrogens is 292 g/mol. The van der Waals surface area contributed by atoms with E-state index in [1.807, 2.05) is 37.3 Å². The third kappa shape index (κ3) is 2.85. The highest BCUT2D eigenvalue weighted by atomic mass is 32.2. The first kappa shape index (κ1) is 13.9. The number of para-hydroxylation sites is 1. The van der Waals surface area contributed by atoms with Crippen molar-refractivity contribution in [1.82, 2.24) is 9.97 Å². The molecule has 0 amide bonds. The van der Waals surface area contributed by atoms with Crippen LogP contribution in [0.25, 0.3) is 10.9 Å². The molecule has 0 aliphatic heterocycles. The van der Waals surface area contributed by atoms with E-state index in [0.717, 1.165) is 33.8 Å². The summed E-state index contributed by atoms with van der Waals surface area (Å²) in [6.45, 7) is 2.35. The number of aromatic amines is 1. The number of nitrogens with zero attached hydrogens (tertiary/aromatic N) is 1. The summed E-state index contributed by atoms with van der Waals surface area (Å²) >= 11 is 1.14. The number of hydrogen-bond acceptors (Lipinski definition) is 3. The van der Waals surface area contributed by atoms with E-state index in [-0.39, 0.29) is 10.8 Å². The molecule has 0 atom stereocenters. The molecule has 0 spiro atoms. The van der Waals surface area contributed by atoms with Gasteiger partial charge in [-0.3, -0.25) is 0 Å². The highest BCUT2D eigenvalue weighted by molar-refractivity contribution is 7.99. The van der Waals surface area contributed by atoms with Crippen LogP contribution in [0.2, 0.25) is 0 Å². The Balaban J connectivity index is 1.94. The second kappa shape index (κ2) is 5.73. The Bertz CT molecular complexity index is 753. The molecule has 21 heavy (non-hydrogen) atoms. The second-order valence-electron chi connectivity index (χ2n) is 4.46. The summed E-state index contributed by atoms with van der Waals surface area (Å²) in [7, 11) is 0. The van der Waals surface area contributed by atoms with Crippen molar-refractivity contribution in [2.75, 3.05) is 11.9 Å². The monoisotopic (exact) mass is 305 g/mol. The van der Waals surface area contributed by atoms with Crippen LogP contribution in [0.3, 0.4) is 0 Å². The van der Waals surface area contributed by atoms with Gasteiger partial charge in [0.15, 0.2) is 17.5 Å². The van der Waals surface area contributed by atoms with Gasteiger partial charge >= 0.3 is 0 Å². The van der Waals surface area contributed by atoms with E-state index in [9.17, 15) is 8.78 Å². The zero-order valence-corrected chi connectivity index (χ0v) is 12.1. The number of rotatable bonds is 4. The van der Waals surface area contributed by atoms with Crippen LogP contribution in [-0.2, 0) is 0 Å². The zero-order chi connectivity index (χ0) is 14.8. The van der Waals surface area contributed by atoms with E-state index in [1.165, 1.54) is 0 Å². The normalized spacial score (nSPS) is 11.0. The summed E-state index contributed by atoms with van der Waals surface area (Å²) in [6.07, 6.45) is 0. The number of H-pyrrole nitrogens is 1. The number of anilines is 1. The van der Waals surface area contributed by atoms with Gasteiger partial charge in [0.05, 0.1) is 5.03 Å². The lowest BCUT2D eigenvalue weighted by molar-refractivity contribution is 0.551. The molecule has 2 heterocycles. The zero-order valence-electron chi connectivity index (χ0n) is 11.3. The smallest absolute Gasteiger partial charge is 0.168 e. The highest BCUT2D eigenvalue weighted by Gasteiger charge is 2.13. The predicted octanol–water partition coefficient (Wildman–Crippen LogP) is 4.42. The first-order valence-electron chi connectivity index (χ1n) is 6.53. The van der Waals surface area contributed by atoms with Crippen LogP contribution in [0.5, 0.6) is 0 Å². The number of nitrogens with one attached hydrogen (secondary N) is 2. The fraction of sp³-hybridized carbons (Fsp3) is 0.133. The number of halogens is 2. The first-order valence-corrected chi connectivity index (χ1v) is 7.34. The van der Waals surface area contributed by atoms with Crippen LogP contribution in [0.4, 0.5) is 14.6 Å². The van der Waals surface area contributed by atoms with Crippen molar-refractivity contribution in [3.05, 3.63) is 48.0 Å². The Morgan fingerprint density at radius 1 is 1.19 bits per heavy atom. The van der Waals surface area contributed by atoms with Crippen LogP contribution in [0.1, 0.15) is 6.92 Å². The van der Waals surface area contributed by atoms with Crippen LogP contribution < -0.4 is 5.32 Å². The number of benzene rings is 1. The van der Waals surface area contributed by atoms with E-state index in [1.54, 1.807) is 0 Å². The maximum Gasteiger partial charge on any atom is 0.168 e. The molecule has 108 valence electrons. The van der Waals surface area contributed by atoms with Crippen molar-refractivity contribution >= 4 is 28.5 Å². The molecule has 0 radical (unpaired) electrons. The van der Waals surface area contributed by atoms with Gasteiger partial charge in [-0.2, -0.15) is 0 Å². The first-order chi connectivity index (χ1) is 10.2. The molecule has 2 N–H and O–H groups in total. The third-order valence-corrected chi connectivity index (χ3v) is 3.87. The minimum Gasteiger partial charge on any atom is -0.368 e. The molecule has 0 bridgehead atoms. The molecule has 1 aromatic carbocycles. The fourth-order valence-electron chi connectivity index (χ4n) is 2.02. The van der Waals surface area contributed by atoms with Gasteiger partial charge in [-0.1, -0.05) is 18.2 Å². The molecule has 3 nitrogen and oxygen atoms in total. The van der Waals surface area contributed by atoms with Crippen LogP contribution in [0.15, 0.2) is 46.5 Å². The van der Waals surface area contributed by atoms with E-state index in [4.69, 9.17) is 0 Å². The van der Waals surface area contributed by atoms with Crippen molar-refractivity contribution in [2.24, 2.45) is 0 Å². The largest absolute Gasteiger partial charge is 0.368 e. The van der Waals surface area contributed by atoms with Gasteiger partial charge in [-0.05, 0) is 30.8 Å². The van der Waals surface area contributed by atoms with Crippen LogP contribution in [-0.4, -0.2) is 16.5 Å². The SMILES string of the molecule is CCNc1nc(Sc2cc3ccccc3[nH]2)c(F)cc1F. The van der Waals surface area contributed by atoms with Gasteiger partial charge in [0.2, 0.25) is 0 Å². The maximum absolute atomic E-state index is 13.8. The molecule has 0 saturated carbocycles. The standard InChI is InChI=1S/C15H13F2N3S/c1-2-18-14-10(16)8-11(17)15(20-14)21-13-7-9-5-3-4-6-12(9)19-13/h3-8,19H,2H2,1H3,(H,18,20). The fourth-order valence-corrected chi connectivity index (χ4v) is 2.87. The van der Waals surface area contributed by atoms with Crippen molar-refractivity contribution in [2.45, 2.75) is 17.0 Å². The molecule has 0 saturated heterocycles. The lowest BCUT2D eigenvalue weighted by atomic mass is 10.3. The van der Waals surface area contributed by atoms with Crippen molar-refractivity contribution < 1.29 is 8.78 Å². The minimum atomic E-state index is -0.685. The Hall–Kier alpha value is -2.08. The summed E-state index contributed by atoms with van der Waals surface area (Å²) in [5.41, 5.74) is 0.967. The number of aromatic nitrogens is 2. The lowest BCUT2D eigenvalue weighted by Gasteiger charge is -2.07. The van der Waals surface area contributed by atoms with Crippen molar-refractivity contribution in [3.63, 3.8) is 0 Å². The molecule has 2 aromatic heterocycles. The van der Waals surface area contributed by atoms with E-state index >= 15 is 0 Å². The van der Waals surface area contributed by atoms with Crippen LogP contribution >= 0.6 is 11.8 Å². The molecule has 0 unspecified atom stereocenters. The summed E-state index contributed by atoms with van der Waals surface area (Å²) < 4.78 is 27.4. The Morgan fingerprint density at radius 3 is 2.76 bits per heavy atom. The quantitative estimate of drug-likeness (QED) is 0.749. The highest BCUT2D eigenvalue weighted by Crippen LogP contribution is 2.31. The van der Waals surface area contributed by atoms with E-state index in [0.29, 0.717) is 6.54 Å². The molecule has 0 fully saturated rings. The number of pyridine rings is 1. The topological polar surface area (TPSA) is 40.7 Å². The average Bonchev–Trinajstić information content (AvgIpc) is 2.86. The van der Waals surface area contributed by atoms with Gasteiger partial charge in [-0.25, -0.2) is 13.8 Å². The summed E-state index contributed by atoms with van der Waals surface area (Å²) in [6, 6.07) is 10.5. The molecule has 0 aliphatic rings. The van der Waals surface area contributed by atoms with Crippen molar-refractivity contribution in [1.29, 1.82) is 0 Å². The van der Waals surface area contributed by atoms with E-state index < -0.39 is 11.6 Å². The van der Waals surface area contributed by atoms with Crippen LogP contribution in [0, 0.1) is 11.6 Å². The average molecular weight is 305 g/mol. The number of hydrogen-bond donors (Lipinski definition) is 2. The second-order valence-corrected chi connectivity index (χ2v) is 5.49. The van der Waals surface area contributed by atoms with Gasteiger partial charge in [0, 0.05) is 23.5 Å². The summed E-state index contributed by atoms with van der Waals surface area (Å²) in [4.78, 5) is 7.19. The van der Waals surface area contributed by atoms with E-state index in [2.05, 4.69) is 15.3 Å². The van der Waals surface area contributed by atoms with Gasteiger partial charge < -0.3 is 10.3 Å². The van der Waals surface area contributed by atoms with Gasteiger partial charge in [-0.15, -0.1) is 0 Å². The maximum atomic E-state index is 13.8. The Kier molecular flexibility index (Phi) is 3.79. The Morgan fingerprint density at radius 2 is 2.00 bits per heavy atom. The third-order valence-electron chi connectivity index (χ3n) is 2.95. The molecule has 0 aliphatic carbocycles. The summed E-state index contributed by atoms with van der Waals surface area (Å²) in [5.74, 6) is -1.29.